The Balaban J connectivity index is 2.36. The van der Waals surface area contributed by atoms with E-state index >= 15 is 0 Å². The van der Waals surface area contributed by atoms with Crippen molar-refractivity contribution in [3.63, 3.8) is 0 Å². The number of carbonyl (C=O) groups is 1. The molecule has 0 atom stereocenters. The lowest BCUT2D eigenvalue weighted by molar-refractivity contribution is 0.104. The number of hydrogen-bond donors (Lipinski definition) is 1. The third kappa shape index (κ3) is 4.06. The molecule has 2 rings (SSSR count). The summed E-state index contributed by atoms with van der Waals surface area (Å²) in [6.07, 6.45) is 3.01. The van der Waals surface area contributed by atoms with Crippen molar-refractivity contribution >= 4 is 21.9 Å². The number of primary sulfonamides is 1. The van der Waals surface area contributed by atoms with Crippen LogP contribution in [0.5, 0.6) is 5.75 Å². The number of allylic oxidation sites excluding steroid dienone is 1. The molecule has 0 spiro atoms. The van der Waals surface area contributed by atoms with Gasteiger partial charge in [0, 0.05) is 11.1 Å². The molecular weight excluding hydrogens is 314 g/mol. The van der Waals surface area contributed by atoms with Gasteiger partial charge in [-0.1, -0.05) is 24.3 Å². The maximum absolute atomic E-state index is 12.4. The molecule has 0 fully saturated rings. The molecule has 2 aromatic carbocycles. The number of methoxy groups -OCH3 is 1. The summed E-state index contributed by atoms with van der Waals surface area (Å²) in [6, 6.07) is 11.5. The molecule has 0 aromatic heterocycles. The molecule has 0 unspecified atom stereocenters. The molecule has 23 heavy (non-hydrogen) atoms. The van der Waals surface area contributed by atoms with E-state index in [1.807, 2.05) is 18.2 Å². The highest BCUT2D eigenvalue weighted by atomic mass is 32.2. The lowest BCUT2D eigenvalue weighted by Gasteiger charge is -2.06. The molecule has 0 amide bonds. The van der Waals surface area contributed by atoms with Crippen molar-refractivity contribution in [3.8, 4) is 5.75 Å². The van der Waals surface area contributed by atoms with Crippen molar-refractivity contribution in [1.29, 1.82) is 0 Å². The van der Waals surface area contributed by atoms with Gasteiger partial charge in [-0.05, 0) is 42.8 Å². The van der Waals surface area contributed by atoms with Crippen molar-refractivity contribution < 1.29 is 17.9 Å². The quantitative estimate of drug-likeness (QED) is 0.674. The van der Waals surface area contributed by atoms with Gasteiger partial charge in [-0.25, -0.2) is 13.6 Å². The summed E-state index contributed by atoms with van der Waals surface area (Å²) in [5.74, 6) is 0.338. The second-order valence-corrected chi connectivity index (χ2v) is 6.52. The summed E-state index contributed by atoms with van der Waals surface area (Å²) < 4.78 is 28.0. The van der Waals surface area contributed by atoms with Gasteiger partial charge in [-0.15, -0.1) is 0 Å². The minimum absolute atomic E-state index is 0.0860. The van der Waals surface area contributed by atoms with E-state index in [0.29, 0.717) is 16.9 Å². The van der Waals surface area contributed by atoms with Crippen LogP contribution in [0.1, 0.15) is 21.5 Å². The molecule has 0 aliphatic rings. The van der Waals surface area contributed by atoms with Crippen LogP contribution in [0.4, 0.5) is 0 Å². The number of hydrogen-bond acceptors (Lipinski definition) is 4. The first-order valence-corrected chi connectivity index (χ1v) is 8.36. The van der Waals surface area contributed by atoms with Crippen LogP contribution in [0, 0.1) is 6.92 Å². The maximum atomic E-state index is 12.4. The monoisotopic (exact) mass is 331 g/mol. The van der Waals surface area contributed by atoms with E-state index in [1.165, 1.54) is 18.2 Å². The largest absolute Gasteiger partial charge is 0.496 e. The van der Waals surface area contributed by atoms with Crippen LogP contribution in [0.25, 0.3) is 6.08 Å². The van der Waals surface area contributed by atoms with Gasteiger partial charge in [-0.3, -0.25) is 4.79 Å². The van der Waals surface area contributed by atoms with Crippen molar-refractivity contribution in [2.45, 2.75) is 11.8 Å². The molecule has 0 saturated carbocycles. The highest BCUT2D eigenvalue weighted by Gasteiger charge is 2.13. The molecule has 0 heterocycles. The summed E-state index contributed by atoms with van der Waals surface area (Å²) in [4.78, 5) is 12.3. The zero-order valence-corrected chi connectivity index (χ0v) is 13.6. The van der Waals surface area contributed by atoms with Crippen LogP contribution in [0.3, 0.4) is 0 Å². The fourth-order valence-corrected chi connectivity index (χ4v) is 2.64. The third-order valence-electron chi connectivity index (χ3n) is 3.36. The maximum Gasteiger partial charge on any atom is 0.238 e. The molecule has 0 aliphatic carbocycles. The van der Waals surface area contributed by atoms with Crippen LogP contribution in [0.2, 0.25) is 0 Å². The van der Waals surface area contributed by atoms with Gasteiger partial charge in [0.1, 0.15) is 5.75 Å². The van der Waals surface area contributed by atoms with Crippen molar-refractivity contribution in [2.75, 3.05) is 7.11 Å². The van der Waals surface area contributed by atoms with Gasteiger partial charge in [0.2, 0.25) is 10.0 Å². The molecule has 0 radical (unpaired) electrons. The Morgan fingerprint density at radius 3 is 2.52 bits per heavy atom. The molecule has 6 heteroatoms. The smallest absolute Gasteiger partial charge is 0.238 e. The average Bonchev–Trinajstić information content (AvgIpc) is 2.52. The summed E-state index contributed by atoms with van der Waals surface area (Å²) in [5.41, 5.74) is 1.72. The third-order valence-corrected chi connectivity index (χ3v) is 4.27. The van der Waals surface area contributed by atoms with Crippen LogP contribution in [-0.2, 0) is 10.0 Å². The summed E-state index contributed by atoms with van der Waals surface area (Å²) in [5, 5.41) is 5.11. The zero-order valence-electron chi connectivity index (χ0n) is 12.8. The molecule has 2 N–H and O–H groups in total. The number of aryl methyl sites for hydroxylation is 1. The van der Waals surface area contributed by atoms with E-state index in [-0.39, 0.29) is 10.7 Å². The summed E-state index contributed by atoms with van der Waals surface area (Å²) in [7, 11) is -2.30. The van der Waals surface area contributed by atoms with Crippen molar-refractivity contribution in [3.05, 3.63) is 65.2 Å². The van der Waals surface area contributed by atoms with Crippen LogP contribution in [0.15, 0.2) is 53.4 Å². The fraction of sp³-hybridized carbons (Fsp3) is 0.118. The van der Waals surface area contributed by atoms with Gasteiger partial charge in [-0.2, -0.15) is 0 Å². The van der Waals surface area contributed by atoms with Gasteiger partial charge >= 0.3 is 0 Å². The summed E-state index contributed by atoms with van der Waals surface area (Å²) >= 11 is 0. The first kappa shape index (κ1) is 16.9. The minimum atomic E-state index is -3.85. The predicted octanol–water partition coefficient (Wildman–Crippen LogP) is 2.55. The Morgan fingerprint density at radius 1 is 1.17 bits per heavy atom. The van der Waals surface area contributed by atoms with E-state index in [9.17, 15) is 13.2 Å². The first-order chi connectivity index (χ1) is 10.8. The normalized spacial score (nSPS) is 11.6. The number of ketones is 1. The molecule has 2 aromatic rings. The SMILES string of the molecule is COc1ccccc1C=CC(=O)c1cc(S(N)(=O)=O)ccc1C. The van der Waals surface area contributed by atoms with E-state index < -0.39 is 10.0 Å². The molecule has 120 valence electrons. The molecule has 0 aliphatic heterocycles. The standard InChI is InChI=1S/C17H17NO4S/c1-12-7-9-14(23(18,20)21)11-15(12)16(19)10-8-13-5-3-4-6-17(13)22-2/h3-11H,1-2H3,(H2,18,20,21). The van der Waals surface area contributed by atoms with E-state index in [2.05, 4.69) is 0 Å². The van der Waals surface area contributed by atoms with Gasteiger partial charge < -0.3 is 4.74 Å². The fourth-order valence-electron chi connectivity index (χ4n) is 2.10. The second-order valence-electron chi connectivity index (χ2n) is 4.96. The van der Waals surface area contributed by atoms with Crippen LogP contribution >= 0.6 is 0 Å². The Hall–Kier alpha value is -2.44. The van der Waals surface area contributed by atoms with Crippen molar-refractivity contribution in [1.82, 2.24) is 0 Å². The van der Waals surface area contributed by atoms with Crippen LogP contribution < -0.4 is 9.88 Å². The second kappa shape index (κ2) is 6.76. The molecule has 0 saturated heterocycles. The average molecular weight is 331 g/mol. The Morgan fingerprint density at radius 2 is 1.87 bits per heavy atom. The van der Waals surface area contributed by atoms with Crippen LogP contribution in [-0.4, -0.2) is 21.3 Å². The Labute approximate surface area is 135 Å². The molecule has 5 nitrogen and oxygen atoms in total. The number of benzene rings is 2. The highest BCUT2D eigenvalue weighted by molar-refractivity contribution is 7.89. The molecule has 0 bridgehead atoms. The Kier molecular flexibility index (Phi) is 4.98. The minimum Gasteiger partial charge on any atom is -0.496 e. The topological polar surface area (TPSA) is 86.5 Å². The van der Waals surface area contributed by atoms with Gasteiger partial charge in [0.15, 0.2) is 5.78 Å². The van der Waals surface area contributed by atoms with E-state index in [1.54, 1.807) is 32.2 Å². The van der Waals surface area contributed by atoms with Gasteiger partial charge in [0.25, 0.3) is 0 Å². The number of para-hydroxylation sites is 1. The van der Waals surface area contributed by atoms with E-state index in [0.717, 1.165) is 5.56 Å². The van der Waals surface area contributed by atoms with Gasteiger partial charge in [0.05, 0.1) is 12.0 Å². The van der Waals surface area contributed by atoms with E-state index in [4.69, 9.17) is 9.88 Å². The number of rotatable bonds is 5. The number of carbonyl (C=O) groups excluding carboxylic acids is 1. The number of sulfonamides is 1. The first-order valence-electron chi connectivity index (χ1n) is 6.82. The number of ether oxygens (including phenoxy) is 1. The highest BCUT2D eigenvalue weighted by Crippen LogP contribution is 2.20. The predicted molar refractivity (Wildman–Crippen MR) is 88.9 cm³/mol. The lowest BCUT2D eigenvalue weighted by atomic mass is 10.0. The van der Waals surface area contributed by atoms with Crippen molar-refractivity contribution in [2.24, 2.45) is 5.14 Å². The lowest BCUT2D eigenvalue weighted by Crippen LogP contribution is -2.13. The summed E-state index contributed by atoms with van der Waals surface area (Å²) in [6.45, 7) is 1.73. The Bertz CT molecular complexity index is 870. The molecular formula is C17H17NO4S. The zero-order chi connectivity index (χ0) is 17.0. The number of nitrogens with two attached hydrogens (primary N) is 1.